The molecule has 0 spiro atoms. The van der Waals surface area contributed by atoms with Crippen molar-refractivity contribution < 1.29 is 20.1 Å². The summed E-state index contributed by atoms with van der Waals surface area (Å²) >= 11 is 0. The number of nitrogens with one attached hydrogen (secondary N) is 1. The van der Waals surface area contributed by atoms with Crippen molar-refractivity contribution in [2.45, 2.75) is 36.8 Å². The van der Waals surface area contributed by atoms with Crippen molar-refractivity contribution in [1.29, 1.82) is 0 Å². The van der Waals surface area contributed by atoms with Gasteiger partial charge in [-0.2, -0.15) is 0 Å². The van der Waals surface area contributed by atoms with E-state index in [0.29, 0.717) is 25.1 Å². The summed E-state index contributed by atoms with van der Waals surface area (Å²) in [6, 6.07) is 7.78. The Kier molecular flexibility index (Phi) is 3.95. The second-order valence-corrected chi connectivity index (χ2v) is 5.77. The molecule has 0 unspecified atom stereocenters. The highest BCUT2D eigenvalue weighted by Gasteiger charge is 2.48. The summed E-state index contributed by atoms with van der Waals surface area (Å²) in [5, 5.41) is 33.0. The minimum absolute atomic E-state index is 0.273. The van der Waals surface area contributed by atoms with Crippen LogP contribution in [-0.2, 0) is 0 Å². The highest BCUT2D eigenvalue weighted by molar-refractivity contribution is 5.94. The van der Waals surface area contributed by atoms with Crippen molar-refractivity contribution in [3.05, 3.63) is 35.9 Å². The van der Waals surface area contributed by atoms with E-state index in [-0.39, 0.29) is 5.91 Å². The van der Waals surface area contributed by atoms with Crippen molar-refractivity contribution in [2.24, 2.45) is 0 Å². The molecule has 21 heavy (non-hydrogen) atoms. The zero-order valence-corrected chi connectivity index (χ0v) is 11.6. The standard InChI is InChI=1S/C15H20N2O4/c18-11-6-7-17-8-10(13(19)14(20)12(11)17)16-15(21)9-4-2-1-3-5-9/h1-5,10-14,18-20H,6-8H2,(H,16,21)/t10-,11-,12+,13+,14+/m0/s1. The van der Waals surface area contributed by atoms with Crippen LogP contribution in [0.4, 0.5) is 0 Å². The summed E-state index contributed by atoms with van der Waals surface area (Å²) in [7, 11) is 0. The van der Waals surface area contributed by atoms with Gasteiger partial charge in [-0.3, -0.25) is 9.69 Å². The Balaban J connectivity index is 1.70. The van der Waals surface area contributed by atoms with Gasteiger partial charge >= 0.3 is 0 Å². The van der Waals surface area contributed by atoms with Crippen LogP contribution in [0.25, 0.3) is 0 Å². The molecule has 1 aromatic rings. The van der Waals surface area contributed by atoms with Crippen LogP contribution in [0.2, 0.25) is 0 Å². The van der Waals surface area contributed by atoms with E-state index < -0.39 is 30.4 Å². The first-order chi connectivity index (χ1) is 10.1. The number of carbonyl (C=O) groups is 1. The minimum Gasteiger partial charge on any atom is -0.391 e. The zero-order valence-electron chi connectivity index (χ0n) is 11.6. The lowest BCUT2D eigenvalue weighted by molar-refractivity contribution is -0.0995. The van der Waals surface area contributed by atoms with E-state index in [9.17, 15) is 20.1 Å². The molecule has 0 saturated carbocycles. The van der Waals surface area contributed by atoms with Gasteiger partial charge in [-0.25, -0.2) is 0 Å². The maximum Gasteiger partial charge on any atom is 0.251 e. The number of carbonyl (C=O) groups excluding carboxylic acids is 1. The van der Waals surface area contributed by atoms with E-state index in [2.05, 4.69) is 5.32 Å². The van der Waals surface area contributed by atoms with Crippen LogP contribution >= 0.6 is 0 Å². The van der Waals surface area contributed by atoms with Gasteiger partial charge in [0.1, 0.15) is 6.10 Å². The number of nitrogens with zero attached hydrogens (tertiary/aromatic N) is 1. The Labute approximate surface area is 123 Å². The number of rotatable bonds is 2. The fraction of sp³-hybridized carbons (Fsp3) is 0.533. The van der Waals surface area contributed by atoms with Crippen LogP contribution in [-0.4, -0.2) is 69.6 Å². The third kappa shape index (κ3) is 2.67. The topological polar surface area (TPSA) is 93.0 Å². The van der Waals surface area contributed by atoms with Crippen molar-refractivity contribution in [1.82, 2.24) is 10.2 Å². The molecule has 6 nitrogen and oxygen atoms in total. The molecule has 0 aromatic heterocycles. The van der Waals surface area contributed by atoms with Gasteiger partial charge in [-0.1, -0.05) is 18.2 Å². The van der Waals surface area contributed by atoms with Crippen molar-refractivity contribution in [2.75, 3.05) is 13.1 Å². The molecule has 4 N–H and O–H groups in total. The summed E-state index contributed by atoms with van der Waals surface area (Å²) in [5.74, 6) is -0.273. The Bertz CT molecular complexity index is 510. The molecule has 5 atom stereocenters. The van der Waals surface area contributed by atoms with Crippen LogP contribution in [0.5, 0.6) is 0 Å². The lowest BCUT2D eigenvalue weighted by atomic mass is 9.91. The number of hydrogen-bond acceptors (Lipinski definition) is 5. The average Bonchev–Trinajstić information content (AvgIpc) is 2.86. The Hall–Kier alpha value is -1.47. The molecule has 2 aliphatic heterocycles. The number of benzene rings is 1. The van der Waals surface area contributed by atoms with E-state index >= 15 is 0 Å². The largest absolute Gasteiger partial charge is 0.391 e. The van der Waals surface area contributed by atoms with Crippen LogP contribution in [0, 0.1) is 0 Å². The molecule has 1 aromatic carbocycles. The molecule has 2 aliphatic rings. The van der Waals surface area contributed by atoms with Gasteiger partial charge in [-0.15, -0.1) is 0 Å². The first-order valence-corrected chi connectivity index (χ1v) is 7.22. The predicted octanol–water partition coefficient (Wildman–Crippen LogP) is -1.04. The number of piperidine rings is 1. The first-order valence-electron chi connectivity index (χ1n) is 7.22. The molecule has 0 radical (unpaired) electrons. The fourth-order valence-corrected chi connectivity index (χ4v) is 3.29. The van der Waals surface area contributed by atoms with E-state index in [4.69, 9.17) is 0 Å². The Morgan fingerprint density at radius 3 is 2.57 bits per heavy atom. The molecule has 1 amide bonds. The molecular formula is C15H20N2O4. The maximum absolute atomic E-state index is 12.1. The lowest BCUT2D eigenvalue weighted by Gasteiger charge is -2.43. The third-order valence-electron chi connectivity index (χ3n) is 4.42. The van der Waals surface area contributed by atoms with Gasteiger partial charge in [0.2, 0.25) is 0 Å². The summed E-state index contributed by atoms with van der Waals surface area (Å²) in [6.45, 7) is 1.09. The van der Waals surface area contributed by atoms with E-state index in [1.54, 1.807) is 24.3 Å². The van der Waals surface area contributed by atoms with Gasteiger partial charge in [0.25, 0.3) is 5.91 Å². The lowest BCUT2D eigenvalue weighted by Crippen LogP contribution is -2.65. The number of hydrogen-bond donors (Lipinski definition) is 4. The molecule has 0 bridgehead atoms. The third-order valence-corrected chi connectivity index (χ3v) is 4.42. The van der Waals surface area contributed by atoms with E-state index in [0.717, 1.165) is 0 Å². The van der Waals surface area contributed by atoms with Gasteiger partial charge in [0, 0.05) is 18.7 Å². The van der Waals surface area contributed by atoms with Crippen molar-refractivity contribution >= 4 is 5.91 Å². The first kappa shape index (κ1) is 14.5. The molecule has 3 rings (SSSR count). The number of aliphatic hydroxyl groups excluding tert-OH is 3. The second-order valence-electron chi connectivity index (χ2n) is 5.77. The fourth-order valence-electron chi connectivity index (χ4n) is 3.29. The monoisotopic (exact) mass is 292 g/mol. The SMILES string of the molecule is O=C(N[C@H]1CN2CC[C@H](O)[C@@H]2[C@@H](O)[C@@H]1O)c1ccccc1. The highest BCUT2D eigenvalue weighted by atomic mass is 16.3. The van der Waals surface area contributed by atoms with Crippen molar-refractivity contribution in [3.8, 4) is 0 Å². The summed E-state index contributed by atoms with van der Waals surface area (Å²) in [5.41, 5.74) is 0.516. The zero-order chi connectivity index (χ0) is 15.0. The molecular weight excluding hydrogens is 272 g/mol. The van der Waals surface area contributed by atoms with Gasteiger partial charge < -0.3 is 20.6 Å². The van der Waals surface area contributed by atoms with Crippen molar-refractivity contribution in [3.63, 3.8) is 0 Å². The smallest absolute Gasteiger partial charge is 0.251 e. The molecule has 114 valence electrons. The van der Waals surface area contributed by atoms with Crippen LogP contribution in [0.1, 0.15) is 16.8 Å². The highest BCUT2D eigenvalue weighted by Crippen LogP contribution is 2.28. The normalized spacial score (nSPS) is 36.2. The number of amides is 1. The van der Waals surface area contributed by atoms with Gasteiger partial charge in [-0.05, 0) is 18.6 Å². The summed E-state index contributed by atoms with van der Waals surface area (Å²) in [4.78, 5) is 14.1. The van der Waals surface area contributed by atoms with Gasteiger partial charge in [0.15, 0.2) is 0 Å². The predicted molar refractivity (Wildman–Crippen MR) is 75.7 cm³/mol. The van der Waals surface area contributed by atoms with Crippen LogP contribution in [0.3, 0.4) is 0 Å². The average molecular weight is 292 g/mol. The van der Waals surface area contributed by atoms with Crippen LogP contribution < -0.4 is 5.32 Å². The second kappa shape index (κ2) is 5.73. The van der Waals surface area contributed by atoms with E-state index in [1.165, 1.54) is 0 Å². The molecule has 2 heterocycles. The minimum atomic E-state index is -1.08. The Morgan fingerprint density at radius 2 is 1.86 bits per heavy atom. The number of fused-ring (bicyclic) bond motifs is 1. The quantitative estimate of drug-likeness (QED) is 0.558. The summed E-state index contributed by atoms with van der Waals surface area (Å²) in [6.07, 6.45) is -2.18. The molecule has 6 heteroatoms. The summed E-state index contributed by atoms with van der Waals surface area (Å²) < 4.78 is 0. The Morgan fingerprint density at radius 1 is 1.14 bits per heavy atom. The van der Waals surface area contributed by atoms with Gasteiger partial charge in [0.05, 0.1) is 24.3 Å². The molecule has 2 fully saturated rings. The molecule has 0 aliphatic carbocycles. The maximum atomic E-state index is 12.1. The van der Waals surface area contributed by atoms with Crippen LogP contribution in [0.15, 0.2) is 30.3 Å². The number of aliphatic hydroxyl groups is 3. The molecule has 2 saturated heterocycles. The van der Waals surface area contributed by atoms with E-state index in [1.807, 2.05) is 11.0 Å².